The fourth-order valence-corrected chi connectivity index (χ4v) is 3.14. The zero-order chi connectivity index (χ0) is 10.9. The summed E-state index contributed by atoms with van der Waals surface area (Å²) < 4.78 is 4.70. The van der Waals surface area contributed by atoms with Crippen LogP contribution >= 0.6 is 0 Å². The Kier molecular flexibility index (Phi) is 2.75. The van der Waals surface area contributed by atoms with Crippen molar-refractivity contribution in [3.05, 3.63) is 0 Å². The van der Waals surface area contributed by atoms with Gasteiger partial charge in [0.05, 0.1) is 7.11 Å². The van der Waals surface area contributed by atoms with Gasteiger partial charge in [0.2, 0.25) is 0 Å². The summed E-state index contributed by atoms with van der Waals surface area (Å²) in [5.74, 6) is -0.0699. The lowest BCUT2D eigenvalue weighted by Gasteiger charge is -2.52. The highest BCUT2D eigenvalue weighted by atomic mass is 16.5. The van der Waals surface area contributed by atoms with E-state index < -0.39 is 0 Å². The maximum Gasteiger partial charge on any atom is 0.305 e. The quantitative estimate of drug-likeness (QED) is 0.726. The van der Waals surface area contributed by atoms with E-state index in [9.17, 15) is 4.79 Å². The van der Waals surface area contributed by atoms with Gasteiger partial charge in [-0.15, -0.1) is 0 Å². The third kappa shape index (κ3) is 2.17. The van der Waals surface area contributed by atoms with Crippen molar-refractivity contribution in [2.75, 3.05) is 7.11 Å². The van der Waals surface area contributed by atoms with Crippen molar-refractivity contribution < 1.29 is 9.53 Å². The number of esters is 1. The van der Waals surface area contributed by atoms with E-state index in [1.165, 1.54) is 26.4 Å². The van der Waals surface area contributed by atoms with Crippen LogP contribution in [-0.2, 0) is 9.53 Å². The monoisotopic (exact) mass is 211 g/mol. The molecule has 0 spiro atoms. The Morgan fingerprint density at radius 3 is 2.20 bits per heavy atom. The second-order valence-electron chi connectivity index (χ2n) is 5.44. The van der Waals surface area contributed by atoms with Gasteiger partial charge in [0.15, 0.2) is 0 Å². The summed E-state index contributed by atoms with van der Waals surface area (Å²) in [5, 5.41) is 0. The minimum Gasteiger partial charge on any atom is -0.469 e. The number of methoxy groups -OCH3 is 1. The maximum atomic E-state index is 11.1. The Labute approximate surface area is 91.4 Å². The van der Waals surface area contributed by atoms with Gasteiger partial charge in [-0.25, -0.2) is 0 Å². The van der Waals surface area contributed by atoms with E-state index in [0.29, 0.717) is 11.8 Å². The topological polar surface area (TPSA) is 52.3 Å². The van der Waals surface area contributed by atoms with Crippen molar-refractivity contribution in [1.82, 2.24) is 0 Å². The van der Waals surface area contributed by atoms with Crippen LogP contribution in [0.25, 0.3) is 0 Å². The van der Waals surface area contributed by atoms with Crippen LogP contribution in [0.2, 0.25) is 0 Å². The number of hydrogen-bond acceptors (Lipinski definition) is 3. The Bertz CT molecular complexity index is 238. The summed E-state index contributed by atoms with van der Waals surface area (Å²) in [4.78, 5) is 11.1. The van der Waals surface area contributed by atoms with Crippen LogP contribution in [-0.4, -0.2) is 18.6 Å². The molecule has 3 saturated carbocycles. The van der Waals surface area contributed by atoms with Gasteiger partial charge in [0.25, 0.3) is 0 Å². The molecule has 0 unspecified atom stereocenters. The number of fused-ring (bicyclic) bond motifs is 3. The molecular weight excluding hydrogens is 190 g/mol. The fraction of sp³-hybridized carbons (Fsp3) is 0.917. The summed E-state index contributed by atoms with van der Waals surface area (Å²) in [5.41, 5.74) is 6.79. The third-order valence-corrected chi connectivity index (χ3v) is 4.55. The van der Waals surface area contributed by atoms with Crippen LogP contribution in [0.15, 0.2) is 0 Å². The van der Waals surface area contributed by atoms with Gasteiger partial charge in [-0.1, -0.05) is 0 Å². The third-order valence-electron chi connectivity index (χ3n) is 4.55. The predicted molar refractivity (Wildman–Crippen MR) is 58.3 cm³/mol. The normalized spacial score (nSPS) is 39.1. The molecule has 86 valence electrons. The molecule has 15 heavy (non-hydrogen) atoms. The van der Waals surface area contributed by atoms with Crippen molar-refractivity contribution in [3.63, 3.8) is 0 Å². The van der Waals surface area contributed by atoms with Crippen molar-refractivity contribution in [3.8, 4) is 0 Å². The summed E-state index contributed by atoms with van der Waals surface area (Å²) in [6.07, 6.45) is 8.64. The molecule has 0 saturated heterocycles. The average molecular weight is 211 g/mol. The standard InChI is InChI=1S/C12H21NO2/c1-15-10(14)2-3-11-4-7-12(13,8-5-11)9-6-11/h2-9,13H2,1H3. The van der Waals surface area contributed by atoms with Crippen LogP contribution in [0.5, 0.6) is 0 Å². The van der Waals surface area contributed by atoms with E-state index in [4.69, 9.17) is 10.5 Å². The van der Waals surface area contributed by atoms with Crippen LogP contribution in [0.3, 0.4) is 0 Å². The first-order chi connectivity index (χ1) is 7.08. The molecule has 0 atom stereocenters. The SMILES string of the molecule is COC(=O)CCC12CCC(N)(CC1)CC2. The number of rotatable bonds is 3. The fourth-order valence-electron chi connectivity index (χ4n) is 3.14. The summed E-state index contributed by atoms with van der Waals surface area (Å²) >= 11 is 0. The molecule has 0 heterocycles. The Balaban J connectivity index is 1.89. The van der Waals surface area contributed by atoms with Gasteiger partial charge in [-0.3, -0.25) is 4.79 Å². The first-order valence-corrected chi connectivity index (χ1v) is 5.93. The number of nitrogens with two attached hydrogens (primary N) is 1. The largest absolute Gasteiger partial charge is 0.469 e. The van der Waals surface area contributed by atoms with Crippen molar-refractivity contribution in [2.24, 2.45) is 11.1 Å². The van der Waals surface area contributed by atoms with E-state index in [0.717, 1.165) is 25.7 Å². The summed E-state index contributed by atoms with van der Waals surface area (Å²) in [7, 11) is 1.46. The molecule has 3 aliphatic rings. The first-order valence-electron chi connectivity index (χ1n) is 5.93. The molecule has 0 radical (unpaired) electrons. The van der Waals surface area contributed by atoms with Gasteiger partial charge >= 0.3 is 5.97 Å². The first kappa shape index (κ1) is 10.9. The van der Waals surface area contributed by atoms with Crippen molar-refractivity contribution in [1.29, 1.82) is 0 Å². The second-order valence-corrected chi connectivity index (χ2v) is 5.44. The predicted octanol–water partition coefficient (Wildman–Crippen LogP) is 1.99. The molecule has 3 heteroatoms. The second kappa shape index (κ2) is 3.78. The summed E-state index contributed by atoms with van der Waals surface area (Å²) in [6.45, 7) is 0. The minimum atomic E-state index is -0.0699. The van der Waals surface area contributed by atoms with Crippen LogP contribution in [0.1, 0.15) is 51.4 Å². The van der Waals surface area contributed by atoms with E-state index in [1.54, 1.807) is 0 Å². The van der Waals surface area contributed by atoms with E-state index in [2.05, 4.69) is 0 Å². The van der Waals surface area contributed by atoms with Gasteiger partial charge < -0.3 is 10.5 Å². The smallest absolute Gasteiger partial charge is 0.305 e. The molecule has 3 rings (SSSR count). The highest BCUT2D eigenvalue weighted by molar-refractivity contribution is 5.69. The van der Waals surface area contributed by atoms with Crippen molar-refractivity contribution >= 4 is 5.97 Å². The zero-order valence-corrected chi connectivity index (χ0v) is 9.55. The molecular formula is C12H21NO2. The number of hydrogen-bond donors (Lipinski definition) is 1. The highest BCUT2D eigenvalue weighted by Crippen LogP contribution is 2.53. The lowest BCUT2D eigenvalue weighted by atomic mass is 9.56. The van der Waals surface area contributed by atoms with Gasteiger partial charge in [0, 0.05) is 12.0 Å². The molecule has 3 fully saturated rings. The van der Waals surface area contributed by atoms with Crippen molar-refractivity contribution in [2.45, 2.75) is 56.9 Å². The maximum absolute atomic E-state index is 11.1. The number of ether oxygens (including phenoxy) is 1. The average Bonchev–Trinajstić information content (AvgIpc) is 2.28. The molecule has 3 aliphatic carbocycles. The lowest BCUT2D eigenvalue weighted by molar-refractivity contribution is -0.141. The molecule has 0 amide bonds. The molecule has 0 aromatic rings. The molecule has 0 aromatic carbocycles. The van der Waals surface area contributed by atoms with Crippen LogP contribution in [0, 0.1) is 5.41 Å². The van der Waals surface area contributed by atoms with Gasteiger partial charge in [-0.2, -0.15) is 0 Å². The molecule has 0 aliphatic heterocycles. The molecule has 3 nitrogen and oxygen atoms in total. The Morgan fingerprint density at radius 2 is 1.73 bits per heavy atom. The van der Waals surface area contributed by atoms with E-state index in [1.807, 2.05) is 0 Å². The van der Waals surface area contributed by atoms with E-state index in [-0.39, 0.29) is 11.5 Å². The Hall–Kier alpha value is -0.570. The van der Waals surface area contributed by atoms with Gasteiger partial charge in [0.1, 0.15) is 0 Å². The molecule has 2 N–H and O–H groups in total. The number of carbonyl (C=O) groups excluding carboxylic acids is 1. The zero-order valence-electron chi connectivity index (χ0n) is 9.55. The van der Waals surface area contributed by atoms with Crippen LogP contribution in [0.4, 0.5) is 0 Å². The van der Waals surface area contributed by atoms with E-state index >= 15 is 0 Å². The summed E-state index contributed by atoms with van der Waals surface area (Å²) in [6, 6.07) is 0. The Morgan fingerprint density at radius 1 is 1.20 bits per heavy atom. The highest BCUT2D eigenvalue weighted by Gasteiger charge is 2.46. The lowest BCUT2D eigenvalue weighted by Crippen LogP contribution is -2.51. The minimum absolute atomic E-state index is 0.0699. The van der Waals surface area contributed by atoms with Crippen LogP contribution < -0.4 is 5.73 Å². The molecule has 2 bridgehead atoms. The number of carbonyl (C=O) groups is 1. The van der Waals surface area contributed by atoms with Gasteiger partial charge in [-0.05, 0) is 50.4 Å². The molecule has 0 aromatic heterocycles.